The molecule has 0 radical (unpaired) electrons. The summed E-state index contributed by atoms with van der Waals surface area (Å²) in [4.78, 5) is 4.74. The Morgan fingerprint density at radius 3 is 2.57 bits per heavy atom. The van der Waals surface area contributed by atoms with Gasteiger partial charge in [0.25, 0.3) is 0 Å². The first kappa shape index (κ1) is 15.7. The van der Waals surface area contributed by atoms with Crippen LogP contribution in [0.2, 0.25) is 5.02 Å². The molecule has 0 saturated carbocycles. The van der Waals surface area contributed by atoms with Crippen molar-refractivity contribution in [2.45, 2.75) is 33.6 Å². The number of aromatic nitrogens is 2. The predicted octanol–water partition coefficient (Wildman–Crippen LogP) is 6.14. The molecule has 23 heavy (non-hydrogen) atoms. The van der Waals surface area contributed by atoms with E-state index in [-0.39, 0.29) is 5.92 Å². The smallest absolute Gasteiger partial charge is 0.183 e. The van der Waals surface area contributed by atoms with Crippen LogP contribution in [0.25, 0.3) is 5.65 Å². The number of hydrogen-bond donors (Lipinski definition) is 0. The molecule has 1 aromatic carbocycles. The highest BCUT2D eigenvalue weighted by atomic mass is 35.5. The fraction of sp³-hybridized carbons (Fsp3) is 0.278. The minimum absolute atomic E-state index is 0.268. The van der Waals surface area contributed by atoms with E-state index in [0.29, 0.717) is 5.02 Å². The van der Waals surface area contributed by atoms with Crippen molar-refractivity contribution in [3.05, 3.63) is 58.4 Å². The summed E-state index contributed by atoms with van der Waals surface area (Å²) in [5, 5.41) is 9.51. The van der Waals surface area contributed by atoms with E-state index in [0.717, 1.165) is 34.0 Å². The van der Waals surface area contributed by atoms with Crippen molar-refractivity contribution in [2.24, 2.45) is 10.2 Å². The van der Waals surface area contributed by atoms with Gasteiger partial charge < -0.3 is 0 Å². The second-order valence-corrected chi connectivity index (χ2v) is 6.40. The normalized spacial score (nSPS) is 11.9. The molecule has 0 aliphatic rings. The van der Waals surface area contributed by atoms with Crippen LogP contribution in [0.4, 0.5) is 11.5 Å². The monoisotopic (exact) mass is 326 g/mol. The Balaban J connectivity index is 2.11. The highest BCUT2D eigenvalue weighted by Crippen LogP contribution is 2.31. The molecule has 0 bridgehead atoms. The number of benzene rings is 1. The average Bonchev–Trinajstić information content (AvgIpc) is 2.89. The summed E-state index contributed by atoms with van der Waals surface area (Å²) < 4.78 is 1.99. The molecule has 5 heteroatoms. The van der Waals surface area contributed by atoms with Crippen molar-refractivity contribution in [1.82, 2.24) is 9.38 Å². The number of rotatable bonds is 3. The zero-order chi connectivity index (χ0) is 16.6. The van der Waals surface area contributed by atoms with E-state index in [2.05, 4.69) is 24.1 Å². The van der Waals surface area contributed by atoms with Crippen molar-refractivity contribution in [3.63, 3.8) is 0 Å². The minimum atomic E-state index is 0.268. The van der Waals surface area contributed by atoms with E-state index < -0.39 is 0 Å². The summed E-state index contributed by atoms with van der Waals surface area (Å²) in [5.74, 6) is 1.04. The van der Waals surface area contributed by atoms with Crippen LogP contribution in [0.5, 0.6) is 0 Å². The number of imidazole rings is 1. The Morgan fingerprint density at radius 1 is 1.09 bits per heavy atom. The Bertz CT molecular complexity index is 893. The van der Waals surface area contributed by atoms with E-state index >= 15 is 0 Å². The van der Waals surface area contributed by atoms with Crippen molar-refractivity contribution in [3.8, 4) is 0 Å². The molecule has 118 valence electrons. The third-order valence-corrected chi connectivity index (χ3v) is 4.22. The SMILES string of the molecule is Cc1ccc(N=Nc2c(C(C)C)nc3c(C)cccn23)cc1Cl. The number of aryl methyl sites for hydroxylation is 2. The van der Waals surface area contributed by atoms with Gasteiger partial charge in [-0.1, -0.05) is 37.6 Å². The molecule has 0 N–H and O–H groups in total. The van der Waals surface area contributed by atoms with Crippen LogP contribution in [-0.4, -0.2) is 9.38 Å². The summed E-state index contributed by atoms with van der Waals surface area (Å²) >= 11 is 6.15. The molecule has 4 nitrogen and oxygen atoms in total. The van der Waals surface area contributed by atoms with Crippen LogP contribution in [0.3, 0.4) is 0 Å². The second-order valence-electron chi connectivity index (χ2n) is 5.99. The summed E-state index contributed by atoms with van der Waals surface area (Å²) in [5.41, 5.74) is 4.75. The van der Waals surface area contributed by atoms with E-state index in [9.17, 15) is 0 Å². The van der Waals surface area contributed by atoms with Gasteiger partial charge in [-0.2, -0.15) is 0 Å². The molecule has 0 atom stereocenters. The molecule has 2 heterocycles. The third-order valence-electron chi connectivity index (χ3n) is 3.81. The predicted molar refractivity (Wildman–Crippen MR) is 94.4 cm³/mol. The van der Waals surface area contributed by atoms with Crippen LogP contribution < -0.4 is 0 Å². The van der Waals surface area contributed by atoms with Crippen molar-refractivity contribution in [1.29, 1.82) is 0 Å². The summed E-state index contributed by atoms with van der Waals surface area (Å²) in [6.45, 7) is 8.23. The van der Waals surface area contributed by atoms with E-state index in [1.807, 2.05) is 54.8 Å². The van der Waals surface area contributed by atoms with Gasteiger partial charge in [0.1, 0.15) is 5.65 Å². The van der Waals surface area contributed by atoms with Gasteiger partial charge in [-0.25, -0.2) is 4.98 Å². The highest BCUT2D eigenvalue weighted by Gasteiger charge is 2.15. The molecule has 3 aromatic rings. The molecule has 0 amide bonds. The van der Waals surface area contributed by atoms with Crippen LogP contribution in [0.15, 0.2) is 46.8 Å². The van der Waals surface area contributed by atoms with E-state index in [1.54, 1.807) is 0 Å². The van der Waals surface area contributed by atoms with Gasteiger partial charge in [0.05, 0.1) is 11.4 Å². The molecule has 0 saturated heterocycles. The van der Waals surface area contributed by atoms with Crippen molar-refractivity contribution >= 4 is 28.8 Å². The Labute approximate surface area is 140 Å². The van der Waals surface area contributed by atoms with Crippen LogP contribution in [0.1, 0.15) is 36.6 Å². The number of azo groups is 1. The highest BCUT2D eigenvalue weighted by molar-refractivity contribution is 6.31. The largest absolute Gasteiger partial charge is 0.283 e. The number of pyridine rings is 1. The molecule has 0 unspecified atom stereocenters. The lowest BCUT2D eigenvalue weighted by Crippen LogP contribution is -1.87. The zero-order valence-electron chi connectivity index (χ0n) is 13.7. The van der Waals surface area contributed by atoms with Gasteiger partial charge in [0.2, 0.25) is 0 Å². The maximum atomic E-state index is 6.15. The van der Waals surface area contributed by atoms with Crippen molar-refractivity contribution in [2.75, 3.05) is 0 Å². The molecule has 3 rings (SSSR count). The first-order chi connectivity index (χ1) is 11.0. The quantitative estimate of drug-likeness (QED) is 0.533. The maximum Gasteiger partial charge on any atom is 0.183 e. The lowest BCUT2D eigenvalue weighted by Gasteiger charge is -2.02. The van der Waals surface area contributed by atoms with Gasteiger partial charge >= 0.3 is 0 Å². The number of hydrogen-bond acceptors (Lipinski definition) is 3. The van der Waals surface area contributed by atoms with Gasteiger partial charge in [-0.05, 0) is 49.1 Å². The van der Waals surface area contributed by atoms with Gasteiger partial charge in [0.15, 0.2) is 5.82 Å². The minimum Gasteiger partial charge on any atom is -0.283 e. The number of halogens is 1. The van der Waals surface area contributed by atoms with Crippen LogP contribution in [0, 0.1) is 13.8 Å². The lowest BCUT2D eigenvalue weighted by molar-refractivity contribution is 0.831. The molecule has 2 aromatic heterocycles. The first-order valence-corrected chi connectivity index (χ1v) is 8.00. The third kappa shape index (κ3) is 2.99. The van der Waals surface area contributed by atoms with Gasteiger partial charge in [0, 0.05) is 11.2 Å². The molecular formula is C18H19ClN4. The summed E-state index contributed by atoms with van der Waals surface area (Å²) in [7, 11) is 0. The van der Waals surface area contributed by atoms with Gasteiger partial charge in [-0.15, -0.1) is 10.2 Å². The standard InChI is InChI=1S/C18H19ClN4/c1-11(2)16-18(23-9-5-6-13(4)17(23)20-16)22-21-14-8-7-12(3)15(19)10-14/h5-11H,1-4H3. The Hall–Kier alpha value is -2.20. The first-order valence-electron chi connectivity index (χ1n) is 7.63. The van der Waals surface area contributed by atoms with E-state index in [4.69, 9.17) is 16.6 Å². The van der Waals surface area contributed by atoms with Gasteiger partial charge in [-0.3, -0.25) is 4.40 Å². The second kappa shape index (κ2) is 6.13. The van der Waals surface area contributed by atoms with Crippen LogP contribution >= 0.6 is 11.6 Å². The molecule has 0 aliphatic carbocycles. The maximum absolute atomic E-state index is 6.15. The topological polar surface area (TPSA) is 42.0 Å². The van der Waals surface area contributed by atoms with Crippen molar-refractivity contribution < 1.29 is 0 Å². The molecule has 0 fully saturated rings. The molecule has 0 spiro atoms. The zero-order valence-corrected chi connectivity index (χ0v) is 14.5. The molecular weight excluding hydrogens is 308 g/mol. The molecule has 0 aliphatic heterocycles. The fourth-order valence-corrected chi connectivity index (χ4v) is 2.62. The van der Waals surface area contributed by atoms with Crippen LogP contribution in [-0.2, 0) is 0 Å². The number of fused-ring (bicyclic) bond motifs is 1. The Morgan fingerprint density at radius 2 is 1.87 bits per heavy atom. The Kier molecular flexibility index (Phi) is 4.18. The summed E-state index contributed by atoms with van der Waals surface area (Å²) in [6, 6.07) is 9.72. The van der Waals surface area contributed by atoms with E-state index in [1.165, 1.54) is 0 Å². The fourth-order valence-electron chi connectivity index (χ4n) is 2.44. The number of nitrogens with zero attached hydrogens (tertiary/aromatic N) is 4. The average molecular weight is 327 g/mol. The summed E-state index contributed by atoms with van der Waals surface area (Å²) in [6.07, 6.45) is 1.97. The lowest BCUT2D eigenvalue weighted by atomic mass is 10.1.